The maximum atomic E-state index is 6.31. The van der Waals surface area contributed by atoms with E-state index >= 15 is 0 Å². The molecule has 4 aliphatic carbocycles. The third kappa shape index (κ3) is 2.48. The summed E-state index contributed by atoms with van der Waals surface area (Å²) in [7, 11) is 1.69. The first-order valence-electron chi connectivity index (χ1n) is 12.1. The molecule has 168 valence electrons. The van der Waals surface area contributed by atoms with Gasteiger partial charge in [-0.15, -0.1) is 0 Å². The molecule has 0 amide bonds. The lowest BCUT2D eigenvalue weighted by Gasteiger charge is -2.62. The van der Waals surface area contributed by atoms with Crippen LogP contribution in [0.15, 0.2) is 5.16 Å². The van der Waals surface area contributed by atoms with Gasteiger partial charge in [0.15, 0.2) is 11.6 Å². The standard InChI is InChI=1S/C24H37NO5/c1-21-8-9-23(27-10-11-28-23)15-19(21)20(25-26-3)14-16-17(21)4-6-22(2)18(16)5-7-24(22)29-12-13-30-24/h16-19H,4-15H2,1-3H3/t16-,17+,18+,19?,21-,22+/m1/s1. The van der Waals surface area contributed by atoms with Gasteiger partial charge in [-0.2, -0.15) is 0 Å². The van der Waals surface area contributed by atoms with Crippen molar-refractivity contribution in [2.45, 2.75) is 76.8 Å². The molecule has 6 atom stereocenters. The highest BCUT2D eigenvalue weighted by atomic mass is 16.7. The van der Waals surface area contributed by atoms with Gasteiger partial charge in [0.2, 0.25) is 0 Å². The summed E-state index contributed by atoms with van der Waals surface area (Å²) < 4.78 is 24.9. The highest BCUT2D eigenvalue weighted by Gasteiger charge is 2.68. The summed E-state index contributed by atoms with van der Waals surface area (Å²) in [4.78, 5) is 5.39. The minimum absolute atomic E-state index is 0.111. The fourth-order valence-electron chi connectivity index (χ4n) is 8.86. The molecule has 0 radical (unpaired) electrons. The molecule has 0 aromatic heterocycles. The van der Waals surface area contributed by atoms with E-state index in [0.717, 1.165) is 58.5 Å². The average molecular weight is 420 g/mol. The van der Waals surface area contributed by atoms with Crippen molar-refractivity contribution in [1.82, 2.24) is 0 Å². The van der Waals surface area contributed by atoms with Gasteiger partial charge in [-0.25, -0.2) is 0 Å². The molecule has 30 heavy (non-hydrogen) atoms. The van der Waals surface area contributed by atoms with E-state index in [2.05, 4.69) is 19.0 Å². The summed E-state index contributed by atoms with van der Waals surface area (Å²) in [5, 5.41) is 4.63. The second-order valence-electron chi connectivity index (χ2n) is 11.2. The molecule has 1 unspecified atom stereocenters. The first-order chi connectivity index (χ1) is 14.5. The van der Waals surface area contributed by atoms with E-state index in [0.29, 0.717) is 23.7 Å². The van der Waals surface area contributed by atoms with Crippen molar-refractivity contribution in [2.75, 3.05) is 33.5 Å². The molecule has 6 rings (SSSR count). The van der Waals surface area contributed by atoms with Gasteiger partial charge in [-0.05, 0) is 55.3 Å². The molecule has 4 saturated carbocycles. The Kier molecular flexibility index (Phi) is 4.43. The molecule has 0 aromatic rings. The largest absolute Gasteiger partial charge is 0.399 e. The summed E-state index contributed by atoms with van der Waals surface area (Å²) in [5.74, 6) is 1.61. The number of nitrogens with zero attached hydrogens (tertiary/aromatic N) is 1. The van der Waals surface area contributed by atoms with Crippen molar-refractivity contribution >= 4 is 5.71 Å². The molecule has 2 saturated heterocycles. The molecule has 2 aliphatic heterocycles. The Balaban J connectivity index is 1.35. The van der Waals surface area contributed by atoms with Crippen LogP contribution in [0.5, 0.6) is 0 Å². The van der Waals surface area contributed by atoms with Crippen molar-refractivity contribution in [3.05, 3.63) is 0 Å². The topological polar surface area (TPSA) is 58.5 Å². The zero-order chi connectivity index (χ0) is 20.6. The first kappa shape index (κ1) is 20.0. The second kappa shape index (κ2) is 6.66. The summed E-state index contributed by atoms with van der Waals surface area (Å²) in [6.45, 7) is 7.90. The summed E-state index contributed by atoms with van der Waals surface area (Å²) in [6.07, 6.45) is 8.81. The molecule has 0 bridgehead atoms. The van der Waals surface area contributed by atoms with Crippen LogP contribution in [0, 0.1) is 34.5 Å². The zero-order valence-electron chi connectivity index (χ0n) is 18.8. The van der Waals surface area contributed by atoms with Crippen LogP contribution in [0.25, 0.3) is 0 Å². The molecule has 2 spiro atoms. The van der Waals surface area contributed by atoms with E-state index in [1.807, 2.05) is 0 Å². The van der Waals surface area contributed by atoms with E-state index in [1.165, 1.54) is 25.0 Å². The van der Waals surface area contributed by atoms with Crippen LogP contribution in [0.1, 0.15) is 65.2 Å². The van der Waals surface area contributed by atoms with Gasteiger partial charge in [0.25, 0.3) is 0 Å². The summed E-state index contributed by atoms with van der Waals surface area (Å²) >= 11 is 0. The van der Waals surface area contributed by atoms with Crippen LogP contribution < -0.4 is 0 Å². The Morgan fingerprint density at radius 2 is 1.57 bits per heavy atom. The molecular weight excluding hydrogens is 382 g/mol. The Morgan fingerprint density at radius 3 is 2.30 bits per heavy atom. The van der Waals surface area contributed by atoms with Gasteiger partial charge in [0, 0.05) is 30.6 Å². The average Bonchev–Trinajstić information content (AvgIpc) is 3.45. The van der Waals surface area contributed by atoms with Crippen molar-refractivity contribution in [3.8, 4) is 0 Å². The highest BCUT2D eigenvalue weighted by Crippen LogP contribution is 2.69. The zero-order valence-corrected chi connectivity index (χ0v) is 18.8. The predicted octanol–water partition coefficient (Wildman–Crippen LogP) is 4.13. The molecule has 6 nitrogen and oxygen atoms in total. The Hall–Kier alpha value is -0.690. The maximum Gasteiger partial charge on any atom is 0.174 e. The number of oxime groups is 1. The van der Waals surface area contributed by atoms with E-state index in [9.17, 15) is 0 Å². The van der Waals surface area contributed by atoms with Gasteiger partial charge >= 0.3 is 0 Å². The van der Waals surface area contributed by atoms with Gasteiger partial charge in [-0.3, -0.25) is 0 Å². The lowest BCUT2D eigenvalue weighted by Crippen LogP contribution is -2.60. The summed E-state index contributed by atoms with van der Waals surface area (Å²) in [6, 6.07) is 0. The lowest BCUT2D eigenvalue weighted by molar-refractivity contribution is -0.249. The van der Waals surface area contributed by atoms with E-state index in [4.69, 9.17) is 23.8 Å². The fourth-order valence-corrected chi connectivity index (χ4v) is 8.86. The number of rotatable bonds is 1. The summed E-state index contributed by atoms with van der Waals surface area (Å²) in [5.41, 5.74) is 1.58. The number of fused-ring (bicyclic) bond motifs is 6. The second-order valence-corrected chi connectivity index (χ2v) is 11.2. The smallest absolute Gasteiger partial charge is 0.174 e. The van der Waals surface area contributed by atoms with E-state index in [-0.39, 0.29) is 16.6 Å². The van der Waals surface area contributed by atoms with Gasteiger partial charge < -0.3 is 23.8 Å². The number of hydrogen-bond acceptors (Lipinski definition) is 6. The van der Waals surface area contributed by atoms with Crippen LogP contribution in [0.2, 0.25) is 0 Å². The van der Waals surface area contributed by atoms with Crippen LogP contribution in [-0.2, 0) is 23.8 Å². The Labute approximate surface area is 180 Å². The third-order valence-electron chi connectivity index (χ3n) is 10.3. The normalized spacial score (nSPS) is 49.9. The number of hydrogen-bond donors (Lipinski definition) is 0. The van der Waals surface area contributed by atoms with Crippen LogP contribution in [-0.4, -0.2) is 50.8 Å². The Bertz CT molecular complexity index is 727. The molecule has 0 aromatic carbocycles. The molecule has 6 aliphatic rings. The molecule has 0 N–H and O–H groups in total. The lowest BCUT2D eigenvalue weighted by atomic mass is 9.44. The van der Waals surface area contributed by atoms with Crippen LogP contribution >= 0.6 is 0 Å². The SMILES string of the molecule is CON=C1C[C@@H]2[C@H](CC[C@@]3(C)[C@H]2CCC32OCCO2)[C@@]2(C)CCC3(CC12)OCCO3. The minimum atomic E-state index is -0.391. The predicted molar refractivity (Wildman–Crippen MR) is 111 cm³/mol. The van der Waals surface area contributed by atoms with Gasteiger partial charge in [0.05, 0.1) is 32.1 Å². The monoisotopic (exact) mass is 419 g/mol. The minimum Gasteiger partial charge on any atom is -0.399 e. The first-order valence-corrected chi connectivity index (χ1v) is 12.1. The maximum absolute atomic E-state index is 6.31. The van der Waals surface area contributed by atoms with Gasteiger partial charge in [-0.1, -0.05) is 19.0 Å². The number of ether oxygens (including phenoxy) is 4. The van der Waals surface area contributed by atoms with E-state index in [1.54, 1.807) is 7.11 Å². The van der Waals surface area contributed by atoms with E-state index < -0.39 is 5.79 Å². The van der Waals surface area contributed by atoms with Crippen LogP contribution in [0.4, 0.5) is 0 Å². The third-order valence-corrected chi connectivity index (χ3v) is 10.3. The van der Waals surface area contributed by atoms with Crippen molar-refractivity contribution in [1.29, 1.82) is 0 Å². The Morgan fingerprint density at radius 1 is 0.867 bits per heavy atom. The van der Waals surface area contributed by atoms with Crippen LogP contribution in [0.3, 0.4) is 0 Å². The van der Waals surface area contributed by atoms with Crippen molar-refractivity contribution in [2.24, 2.45) is 39.7 Å². The molecule has 6 fully saturated rings. The van der Waals surface area contributed by atoms with Gasteiger partial charge in [0.1, 0.15) is 7.11 Å². The molecular formula is C24H37NO5. The van der Waals surface area contributed by atoms with Crippen molar-refractivity contribution in [3.63, 3.8) is 0 Å². The molecule has 6 heteroatoms. The quantitative estimate of drug-likeness (QED) is 0.598. The fraction of sp³-hybridized carbons (Fsp3) is 0.958. The van der Waals surface area contributed by atoms with Crippen molar-refractivity contribution < 1.29 is 23.8 Å². The highest BCUT2D eigenvalue weighted by molar-refractivity contribution is 5.88. The molecule has 2 heterocycles.